The van der Waals surface area contributed by atoms with Gasteiger partial charge in [-0.1, -0.05) is 12.1 Å². The summed E-state index contributed by atoms with van der Waals surface area (Å²) in [7, 11) is 0. The molecule has 1 saturated carbocycles. The van der Waals surface area contributed by atoms with E-state index in [1.807, 2.05) is 0 Å². The van der Waals surface area contributed by atoms with E-state index in [1.54, 1.807) is 28.5 Å². The molecule has 1 aliphatic carbocycles. The highest BCUT2D eigenvalue weighted by Crippen LogP contribution is 2.60. The molecule has 1 atom stereocenters. The number of nitrogens with one attached hydrogen (secondary N) is 1. The Kier molecular flexibility index (Phi) is 4.42. The number of rotatable bonds is 3. The van der Waals surface area contributed by atoms with Crippen LogP contribution in [-0.4, -0.2) is 39.5 Å². The summed E-state index contributed by atoms with van der Waals surface area (Å²) in [4.78, 5) is 40.2. The summed E-state index contributed by atoms with van der Waals surface area (Å²) in [6, 6.07) is 4.62. The average Bonchev–Trinajstić information content (AvgIpc) is 3.53. The number of aromatic hydroxyl groups is 1. The summed E-state index contributed by atoms with van der Waals surface area (Å²) >= 11 is 0. The molecule has 2 N–H and O–H groups in total. The van der Waals surface area contributed by atoms with Gasteiger partial charge < -0.3 is 19.9 Å². The topological polar surface area (TPSA) is 91.6 Å². The van der Waals surface area contributed by atoms with E-state index in [0.717, 1.165) is 31.2 Å². The van der Waals surface area contributed by atoms with Crippen LogP contribution in [0.3, 0.4) is 0 Å². The summed E-state index contributed by atoms with van der Waals surface area (Å²) in [5, 5.41) is 13.2. The number of benzene rings is 1. The lowest BCUT2D eigenvalue weighted by Crippen LogP contribution is -2.46. The van der Waals surface area contributed by atoms with Gasteiger partial charge in [0.2, 0.25) is 5.43 Å². The molecule has 1 spiro atoms. The van der Waals surface area contributed by atoms with Gasteiger partial charge in [-0.3, -0.25) is 14.4 Å². The first-order chi connectivity index (χ1) is 14.8. The van der Waals surface area contributed by atoms with Crippen molar-refractivity contribution in [2.45, 2.75) is 45.2 Å². The Bertz CT molecular complexity index is 1170. The zero-order valence-electron chi connectivity index (χ0n) is 17.3. The van der Waals surface area contributed by atoms with Gasteiger partial charge in [0.25, 0.3) is 11.8 Å². The lowest BCUT2D eigenvalue weighted by atomic mass is 9.90. The molecule has 1 saturated heterocycles. The summed E-state index contributed by atoms with van der Waals surface area (Å²) in [6.45, 7) is 2.80. The molecule has 0 radical (unpaired) electrons. The molecular weight excluding hydrogens is 401 g/mol. The lowest BCUT2D eigenvalue weighted by Gasteiger charge is -2.37. The number of nitrogens with zero attached hydrogens (tertiary/aromatic N) is 2. The molecule has 0 unspecified atom stereocenters. The van der Waals surface area contributed by atoms with Crippen LogP contribution in [-0.2, 0) is 6.54 Å². The summed E-state index contributed by atoms with van der Waals surface area (Å²) in [5.41, 5.74) is -0.0455. The summed E-state index contributed by atoms with van der Waals surface area (Å²) < 4.78 is 15.7. The highest BCUT2D eigenvalue weighted by Gasteiger charge is 2.54. The van der Waals surface area contributed by atoms with Crippen molar-refractivity contribution in [2.24, 2.45) is 5.41 Å². The number of amides is 2. The van der Waals surface area contributed by atoms with Gasteiger partial charge in [-0.2, -0.15) is 0 Å². The van der Waals surface area contributed by atoms with Crippen molar-refractivity contribution in [1.29, 1.82) is 0 Å². The number of carbonyl (C=O) groups excluding carboxylic acids is 2. The Morgan fingerprint density at radius 3 is 2.77 bits per heavy atom. The number of aryl methyl sites for hydroxylation is 1. The second kappa shape index (κ2) is 6.93. The first-order valence-corrected chi connectivity index (χ1v) is 10.6. The zero-order chi connectivity index (χ0) is 21.9. The van der Waals surface area contributed by atoms with Crippen LogP contribution in [0.1, 0.15) is 63.7 Å². The molecular formula is C23H24FN3O4. The SMILES string of the molecule is Cc1ccc(CNC(=O)c2cn3c(c(O)c2=O)C(=O)N2CCCC4(CC4)[C@H]3C2)c(F)c1. The number of hydrogen-bond acceptors (Lipinski definition) is 4. The number of hydrogen-bond donors (Lipinski definition) is 2. The predicted molar refractivity (Wildman–Crippen MR) is 111 cm³/mol. The minimum Gasteiger partial charge on any atom is -0.503 e. The van der Waals surface area contributed by atoms with Gasteiger partial charge in [-0.15, -0.1) is 0 Å². The molecule has 162 valence electrons. The fourth-order valence-corrected chi connectivity index (χ4v) is 5.05. The van der Waals surface area contributed by atoms with E-state index in [2.05, 4.69) is 5.32 Å². The van der Waals surface area contributed by atoms with E-state index in [4.69, 9.17) is 0 Å². The Morgan fingerprint density at radius 1 is 1.29 bits per heavy atom. The molecule has 2 fully saturated rings. The molecule has 3 heterocycles. The number of aromatic nitrogens is 1. The van der Waals surface area contributed by atoms with E-state index in [9.17, 15) is 23.9 Å². The van der Waals surface area contributed by atoms with Crippen molar-refractivity contribution in [3.05, 3.63) is 62.8 Å². The first-order valence-electron chi connectivity index (χ1n) is 10.6. The van der Waals surface area contributed by atoms with Crippen molar-refractivity contribution >= 4 is 11.8 Å². The standard InChI is InChI=1S/C23H24FN3O4/c1-13-3-4-14(16(24)9-13)10-25-21(30)15-11-27-17-12-26(8-2-5-23(17)6-7-23)22(31)18(27)20(29)19(15)28/h3-4,9,11,17,29H,2,5-8,10,12H2,1H3,(H,25,30)/t17-/m1/s1. The maximum Gasteiger partial charge on any atom is 0.274 e. The van der Waals surface area contributed by atoms with E-state index in [1.165, 1.54) is 12.3 Å². The van der Waals surface area contributed by atoms with Crippen LogP contribution in [0.2, 0.25) is 0 Å². The molecule has 3 aliphatic rings. The Balaban J connectivity index is 1.50. The van der Waals surface area contributed by atoms with Crippen LogP contribution in [0.15, 0.2) is 29.2 Å². The fourth-order valence-electron chi connectivity index (χ4n) is 5.05. The third kappa shape index (κ3) is 3.12. The van der Waals surface area contributed by atoms with Crippen LogP contribution in [0.5, 0.6) is 5.75 Å². The Hall–Kier alpha value is -3.16. The molecule has 1 aromatic carbocycles. The normalized spacial score (nSPS) is 20.9. The molecule has 2 aliphatic heterocycles. The van der Waals surface area contributed by atoms with E-state index in [-0.39, 0.29) is 35.2 Å². The number of halogens is 1. The van der Waals surface area contributed by atoms with Crippen molar-refractivity contribution in [3.8, 4) is 5.75 Å². The molecule has 2 amide bonds. The highest BCUT2D eigenvalue weighted by molar-refractivity contribution is 5.99. The second-order valence-electron chi connectivity index (χ2n) is 8.99. The van der Waals surface area contributed by atoms with Crippen molar-refractivity contribution in [2.75, 3.05) is 13.1 Å². The van der Waals surface area contributed by atoms with Gasteiger partial charge in [0.1, 0.15) is 11.4 Å². The van der Waals surface area contributed by atoms with Crippen LogP contribution in [0.25, 0.3) is 0 Å². The highest BCUT2D eigenvalue weighted by atomic mass is 19.1. The van der Waals surface area contributed by atoms with Crippen LogP contribution < -0.4 is 10.7 Å². The number of fused-ring (bicyclic) bond motifs is 5. The summed E-state index contributed by atoms with van der Waals surface area (Å²) in [6.07, 6.45) is 5.32. The van der Waals surface area contributed by atoms with E-state index >= 15 is 0 Å². The number of carbonyl (C=O) groups is 2. The minimum absolute atomic E-state index is 0.0319. The average molecular weight is 425 g/mol. The molecule has 8 heteroatoms. The van der Waals surface area contributed by atoms with Gasteiger partial charge in [0.15, 0.2) is 11.4 Å². The second-order valence-corrected chi connectivity index (χ2v) is 8.99. The smallest absolute Gasteiger partial charge is 0.274 e. The largest absolute Gasteiger partial charge is 0.503 e. The van der Waals surface area contributed by atoms with Gasteiger partial charge in [0, 0.05) is 31.4 Å². The molecule has 31 heavy (non-hydrogen) atoms. The van der Waals surface area contributed by atoms with Gasteiger partial charge in [-0.25, -0.2) is 4.39 Å². The molecule has 2 bridgehead atoms. The van der Waals surface area contributed by atoms with Gasteiger partial charge in [0.05, 0.1) is 6.04 Å². The monoisotopic (exact) mass is 425 g/mol. The minimum atomic E-state index is -0.883. The predicted octanol–water partition coefficient (Wildman–Crippen LogP) is 2.50. The van der Waals surface area contributed by atoms with Crippen LogP contribution >= 0.6 is 0 Å². The quantitative estimate of drug-likeness (QED) is 0.791. The first kappa shape index (κ1) is 19.8. The van der Waals surface area contributed by atoms with E-state index < -0.39 is 22.9 Å². The third-order valence-corrected chi connectivity index (χ3v) is 7.02. The van der Waals surface area contributed by atoms with Crippen molar-refractivity contribution in [1.82, 2.24) is 14.8 Å². The Labute approximate surface area is 178 Å². The summed E-state index contributed by atoms with van der Waals surface area (Å²) in [5.74, 6) is -2.21. The maximum absolute atomic E-state index is 14.1. The van der Waals surface area contributed by atoms with Crippen LogP contribution in [0.4, 0.5) is 4.39 Å². The third-order valence-electron chi connectivity index (χ3n) is 7.02. The van der Waals surface area contributed by atoms with Crippen molar-refractivity contribution in [3.63, 3.8) is 0 Å². The molecule has 7 nitrogen and oxygen atoms in total. The maximum atomic E-state index is 14.1. The zero-order valence-corrected chi connectivity index (χ0v) is 17.3. The van der Waals surface area contributed by atoms with Gasteiger partial charge >= 0.3 is 0 Å². The molecule has 2 aromatic rings. The molecule has 1 aromatic heterocycles. The van der Waals surface area contributed by atoms with E-state index in [0.29, 0.717) is 18.7 Å². The Morgan fingerprint density at radius 2 is 2.06 bits per heavy atom. The fraction of sp³-hybridized carbons (Fsp3) is 0.435. The number of pyridine rings is 1. The van der Waals surface area contributed by atoms with Crippen molar-refractivity contribution < 1.29 is 19.1 Å². The van der Waals surface area contributed by atoms with Crippen LogP contribution in [0, 0.1) is 18.2 Å². The van der Waals surface area contributed by atoms with Gasteiger partial charge in [-0.05, 0) is 49.7 Å². The lowest BCUT2D eigenvalue weighted by molar-refractivity contribution is 0.0651. The molecule has 5 rings (SSSR count).